The van der Waals surface area contributed by atoms with Gasteiger partial charge in [-0.25, -0.2) is 0 Å². The maximum Gasteiger partial charge on any atom is 0.161 e. The Bertz CT molecular complexity index is 732. The summed E-state index contributed by atoms with van der Waals surface area (Å²) in [5.74, 6) is 2.80. The van der Waals surface area contributed by atoms with Crippen molar-refractivity contribution in [3.63, 3.8) is 0 Å². The molecule has 7 nitrogen and oxygen atoms in total. The predicted octanol–water partition coefficient (Wildman–Crippen LogP) is 1.75. The highest BCUT2D eigenvalue weighted by molar-refractivity contribution is 5.43. The van der Waals surface area contributed by atoms with Crippen molar-refractivity contribution in [2.45, 2.75) is 25.5 Å². The number of fused-ring (bicyclic) bond motifs is 1. The molecule has 0 aromatic heterocycles. The van der Waals surface area contributed by atoms with Gasteiger partial charge in [0, 0.05) is 43.9 Å². The number of rotatable bonds is 8. The summed E-state index contributed by atoms with van der Waals surface area (Å²) in [4.78, 5) is 4.70. The van der Waals surface area contributed by atoms with Gasteiger partial charge in [-0.1, -0.05) is 6.07 Å². The van der Waals surface area contributed by atoms with Crippen molar-refractivity contribution >= 4 is 0 Å². The summed E-state index contributed by atoms with van der Waals surface area (Å²) in [5, 5.41) is 19.5. The van der Waals surface area contributed by atoms with Gasteiger partial charge in [0.2, 0.25) is 0 Å². The molecule has 0 amide bonds. The zero-order chi connectivity index (χ0) is 20.9. The SMILES string of the molecule is COc1cc(CN2CCC(C#N)CC2)ccc1OCC(O)CN1C[C@H]2COC[C@H]2C1. The van der Waals surface area contributed by atoms with E-state index in [4.69, 9.17) is 19.5 Å². The Labute approximate surface area is 179 Å². The highest BCUT2D eigenvalue weighted by atomic mass is 16.5. The summed E-state index contributed by atoms with van der Waals surface area (Å²) < 4.78 is 16.9. The van der Waals surface area contributed by atoms with Crippen molar-refractivity contribution in [1.82, 2.24) is 9.80 Å². The van der Waals surface area contributed by atoms with Crippen LogP contribution in [0.1, 0.15) is 18.4 Å². The van der Waals surface area contributed by atoms with Crippen LogP contribution >= 0.6 is 0 Å². The summed E-state index contributed by atoms with van der Waals surface area (Å²) in [6, 6.07) is 8.38. The predicted molar refractivity (Wildman–Crippen MR) is 112 cm³/mol. The lowest BCUT2D eigenvalue weighted by Crippen LogP contribution is -2.35. The smallest absolute Gasteiger partial charge is 0.161 e. The third-order valence-corrected chi connectivity index (χ3v) is 6.62. The second-order valence-electron chi connectivity index (χ2n) is 8.91. The number of aliphatic hydroxyl groups is 1. The minimum atomic E-state index is -0.532. The van der Waals surface area contributed by atoms with E-state index in [0.29, 0.717) is 29.9 Å². The molecular weight excluding hydrogens is 382 g/mol. The van der Waals surface area contributed by atoms with Gasteiger partial charge in [-0.3, -0.25) is 9.80 Å². The van der Waals surface area contributed by atoms with Crippen LogP contribution < -0.4 is 9.47 Å². The number of aliphatic hydroxyl groups excluding tert-OH is 1. The summed E-state index contributed by atoms with van der Waals surface area (Å²) in [6.07, 6.45) is 1.35. The molecule has 1 N–H and O–H groups in total. The molecule has 0 saturated carbocycles. The van der Waals surface area contributed by atoms with Gasteiger partial charge in [0.05, 0.1) is 26.4 Å². The van der Waals surface area contributed by atoms with E-state index in [1.54, 1.807) is 7.11 Å². The molecule has 0 bridgehead atoms. The molecule has 30 heavy (non-hydrogen) atoms. The molecule has 0 radical (unpaired) electrons. The number of β-amino-alcohol motifs (C(OH)–C–C–N with tert-alkyl or cyclic N) is 1. The Morgan fingerprint density at radius 2 is 1.90 bits per heavy atom. The van der Waals surface area contributed by atoms with Crippen LogP contribution in [0.25, 0.3) is 0 Å². The molecule has 0 spiro atoms. The molecule has 3 aliphatic heterocycles. The topological polar surface area (TPSA) is 78.2 Å². The quantitative estimate of drug-likeness (QED) is 0.693. The second-order valence-corrected chi connectivity index (χ2v) is 8.91. The van der Waals surface area contributed by atoms with Crippen LogP contribution in [0.5, 0.6) is 11.5 Å². The average molecular weight is 416 g/mol. The van der Waals surface area contributed by atoms with Gasteiger partial charge < -0.3 is 19.3 Å². The van der Waals surface area contributed by atoms with Crippen molar-refractivity contribution in [1.29, 1.82) is 5.26 Å². The summed E-state index contributed by atoms with van der Waals surface area (Å²) >= 11 is 0. The highest BCUT2D eigenvalue weighted by Crippen LogP contribution is 2.31. The number of nitriles is 1. The van der Waals surface area contributed by atoms with E-state index in [9.17, 15) is 5.11 Å². The molecule has 7 heteroatoms. The van der Waals surface area contributed by atoms with Crippen LogP contribution in [0, 0.1) is 29.1 Å². The zero-order valence-electron chi connectivity index (χ0n) is 17.8. The van der Waals surface area contributed by atoms with E-state index in [1.165, 1.54) is 5.56 Å². The van der Waals surface area contributed by atoms with E-state index in [1.807, 2.05) is 12.1 Å². The van der Waals surface area contributed by atoms with Gasteiger partial charge in [0.25, 0.3) is 0 Å². The lowest BCUT2D eigenvalue weighted by molar-refractivity contribution is 0.0666. The lowest BCUT2D eigenvalue weighted by atomic mass is 9.98. The van der Waals surface area contributed by atoms with Crippen molar-refractivity contribution in [3.05, 3.63) is 23.8 Å². The molecule has 1 aromatic carbocycles. The molecule has 3 fully saturated rings. The average Bonchev–Trinajstić information content (AvgIpc) is 3.35. The van der Waals surface area contributed by atoms with Gasteiger partial charge >= 0.3 is 0 Å². The molecule has 164 valence electrons. The Balaban J connectivity index is 1.25. The molecule has 3 heterocycles. The number of likely N-dealkylation sites (tertiary alicyclic amines) is 2. The number of benzene rings is 1. The van der Waals surface area contributed by atoms with E-state index in [0.717, 1.165) is 58.8 Å². The van der Waals surface area contributed by atoms with Gasteiger partial charge in [-0.05, 0) is 43.6 Å². The van der Waals surface area contributed by atoms with Crippen molar-refractivity contribution < 1.29 is 19.3 Å². The fraction of sp³-hybridized carbons (Fsp3) is 0.696. The lowest BCUT2D eigenvalue weighted by Gasteiger charge is -2.29. The summed E-state index contributed by atoms with van der Waals surface area (Å²) in [5.41, 5.74) is 1.17. The van der Waals surface area contributed by atoms with Gasteiger partial charge in [0.15, 0.2) is 11.5 Å². The van der Waals surface area contributed by atoms with E-state index >= 15 is 0 Å². The minimum absolute atomic E-state index is 0.200. The van der Waals surface area contributed by atoms with Crippen molar-refractivity contribution in [2.75, 3.05) is 59.7 Å². The zero-order valence-corrected chi connectivity index (χ0v) is 17.8. The molecule has 3 atom stereocenters. The monoisotopic (exact) mass is 415 g/mol. The van der Waals surface area contributed by atoms with Gasteiger partial charge in [-0.2, -0.15) is 5.26 Å². The Morgan fingerprint density at radius 3 is 2.57 bits per heavy atom. The van der Waals surface area contributed by atoms with E-state index in [2.05, 4.69) is 21.9 Å². The van der Waals surface area contributed by atoms with Crippen LogP contribution in [0.4, 0.5) is 0 Å². The Kier molecular flexibility index (Phi) is 7.11. The first-order valence-electron chi connectivity index (χ1n) is 11.0. The van der Waals surface area contributed by atoms with E-state index < -0.39 is 6.10 Å². The number of ether oxygens (including phenoxy) is 3. The molecule has 3 saturated heterocycles. The maximum atomic E-state index is 10.4. The van der Waals surface area contributed by atoms with E-state index in [-0.39, 0.29) is 12.5 Å². The molecule has 0 aliphatic carbocycles. The first-order chi connectivity index (χ1) is 14.6. The molecular formula is C23H33N3O4. The third-order valence-electron chi connectivity index (χ3n) is 6.62. The molecule has 4 rings (SSSR count). The van der Waals surface area contributed by atoms with Crippen LogP contribution in [0.15, 0.2) is 18.2 Å². The first kappa shape index (κ1) is 21.4. The van der Waals surface area contributed by atoms with Crippen molar-refractivity contribution in [2.24, 2.45) is 17.8 Å². The number of methoxy groups -OCH3 is 1. The van der Waals surface area contributed by atoms with Crippen LogP contribution in [-0.4, -0.2) is 80.7 Å². The van der Waals surface area contributed by atoms with Gasteiger partial charge in [0.1, 0.15) is 12.7 Å². The third kappa shape index (κ3) is 5.25. The molecule has 1 unspecified atom stereocenters. The minimum Gasteiger partial charge on any atom is -0.493 e. The summed E-state index contributed by atoms with van der Waals surface area (Å²) in [6.45, 7) is 7.35. The van der Waals surface area contributed by atoms with Crippen LogP contribution in [-0.2, 0) is 11.3 Å². The largest absolute Gasteiger partial charge is 0.493 e. The maximum absolute atomic E-state index is 10.4. The number of piperidine rings is 1. The highest BCUT2D eigenvalue weighted by Gasteiger charge is 2.37. The standard InChI is InChI=1S/C23H33N3O4/c1-28-23-8-18(10-25-6-4-17(9-24)5-7-25)2-3-22(23)30-16-21(27)13-26-11-19-14-29-15-20(19)12-26/h2-3,8,17,19-21,27H,4-7,10-16H2,1H3/t19-,20+,21?. The van der Waals surface area contributed by atoms with Crippen LogP contribution in [0.3, 0.4) is 0 Å². The Morgan fingerprint density at radius 1 is 1.17 bits per heavy atom. The molecule has 3 aliphatic rings. The molecule has 1 aromatic rings. The van der Waals surface area contributed by atoms with Gasteiger partial charge in [-0.15, -0.1) is 0 Å². The normalized spacial score (nSPS) is 26.3. The number of nitrogens with zero attached hydrogens (tertiary/aromatic N) is 3. The second kappa shape index (κ2) is 9.97. The fourth-order valence-electron chi connectivity index (χ4n) is 4.88. The van der Waals surface area contributed by atoms with Crippen LogP contribution in [0.2, 0.25) is 0 Å². The first-order valence-corrected chi connectivity index (χ1v) is 11.0. The van der Waals surface area contributed by atoms with Crippen molar-refractivity contribution in [3.8, 4) is 17.6 Å². The number of hydrogen-bond acceptors (Lipinski definition) is 7. The number of hydrogen-bond donors (Lipinski definition) is 1. The summed E-state index contributed by atoms with van der Waals surface area (Å²) in [7, 11) is 1.64. The Hall–Kier alpha value is -1.85. The fourth-order valence-corrected chi connectivity index (χ4v) is 4.88.